The Balaban J connectivity index is 2.04. The average Bonchev–Trinajstić information content (AvgIpc) is 2.95. The van der Waals surface area contributed by atoms with Crippen LogP contribution in [-0.2, 0) is 10.0 Å². The van der Waals surface area contributed by atoms with Crippen molar-refractivity contribution in [3.63, 3.8) is 0 Å². The van der Waals surface area contributed by atoms with E-state index < -0.39 is 10.0 Å². The van der Waals surface area contributed by atoms with Gasteiger partial charge >= 0.3 is 0 Å². The zero-order valence-electron chi connectivity index (χ0n) is 11.1. The number of sulfonamides is 1. The maximum atomic E-state index is 12.4. The van der Waals surface area contributed by atoms with E-state index in [1.807, 2.05) is 0 Å². The first-order valence-corrected chi connectivity index (χ1v) is 8.86. The molecule has 1 aliphatic heterocycles. The molecule has 19 heavy (non-hydrogen) atoms. The highest BCUT2D eigenvalue weighted by molar-refractivity contribution is 7.91. The van der Waals surface area contributed by atoms with Gasteiger partial charge in [0.25, 0.3) is 10.0 Å². The van der Waals surface area contributed by atoms with Gasteiger partial charge in [-0.05, 0) is 32.9 Å². The van der Waals surface area contributed by atoms with Crippen LogP contribution in [0.15, 0.2) is 4.21 Å². The van der Waals surface area contributed by atoms with Crippen LogP contribution >= 0.6 is 22.9 Å². The molecule has 0 bridgehead atoms. The minimum atomic E-state index is -3.46. The van der Waals surface area contributed by atoms with Crippen molar-refractivity contribution in [1.29, 1.82) is 0 Å². The number of aromatic nitrogens is 1. The highest BCUT2D eigenvalue weighted by Gasteiger charge is 2.26. The van der Waals surface area contributed by atoms with Crippen LogP contribution in [-0.4, -0.2) is 55.8 Å². The van der Waals surface area contributed by atoms with Crippen molar-refractivity contribution >= 4 is 33.0 Å². The van der Waals surface area contributed by atoms with Gasteiger partial charge in [0, 0.05) is 20.1 Å². The van der Waals surface area contributed by atoms with Gasteiger partial charge in [-0.1, -0.05) is 22.9 Å². The van der Waals surface area contributed by atoms with Gasteiger partial charge in [-0.15, -0.1) is 0 Å². The van der Waals surface area contributed by atoms with Gasteiger partial charge < -0.3 is 4.90 Å². The number of likely N-dealkylation sites (N-methyl/N-ethyl adjacent to an activating group) is 1. The smallest absolute Gasteiger partial charge is 0.254 e. The lowest BCUT2D eigenvalue weighted by molar-refractivity contribution is 0.310. The number of hydrogen-bond acceptors (Lipinski definition) is 5. The molecule has 2 rings (SSSR count). The summed E-state index contributed by atoms with van der Waals surface area (Å²) >= 11 is 6.79. The Labute approximate surface area is 123 Å². The molecule has 0 saturated carbocycles. The minimum absolute atomic E-state index is 0.251. The molecule has 0 amide bonds. The normalized spacial score (nSPS) is 17.5. The second kappa shape index (κ2) is 6.05. The average molecular weight is 324 g/mol. The van der Waals surface area contributed by atoms with E-state index in [4.69, 9.17) is 11.6 Å². The van der Waals surface area contributed by atoms with E-state index in [1.165, 1.54) is 17.1 Å². The van der Waals surface area contributed by atoms with Crippen LogP contribution in [0.3, 0.4) is 0 Å². The molecule has 1 aliphatic rings. The van der Waals surface area contributed by atoms with E-state index in [1.54, 1.807) is 14.0 Å². The maximum absolute atomic E-state index is 12.4. The molecule has 1 aromatic rings. The SMILES string of the molecule is Cc1nc(Cl)sc1S(=O)(=O)N(C)CCN1CCCC1. The Hall–Kier alpha value is -0.210. The van der Waals surface area contributed by atoms with Crippen molar-refractivity contribution in [2.45, 2.75) is 24.0 Å². The molecule has 5 nitrogen and oxygen atoms in total. The lowest BCUT2D eigenvalue weighted by Gasteiger charge is -2.20. The van der Waals surface area contributed by atoms with Crippen molar-refractivity contribution in [2.75, 3.05) is 33.2 Å². The maximum Gasteiger partial charge on any atom is 0.254 e. The van der Waals surface area contributed by atoms with Crippen LogP contribution in [0.4, 0.5) is 0 Å². The molecule has 8 heteroatoms. The molecule has 0 aromatic carbocycles. The Bertz CT molecular complexity index is 538. The van der Waals surface area contributed by atoms with Gasteiger partial charge in [-0.3, -0.25) is 0 Å². The minimum Gasteiger partial charge on any atom is -0.302 e. The van der Waals surface area contributed by atoms with Gasteiger partial charge in [-0.25, -0.2) is 13.4 Å². The van der Waals surface area contributed by atoms with E-state index in [0.29, 0.717) is 12.2 Å². The number of rotatable bonds is 5. The fourth-order valence-electron chi connectivity index (χ4n) is 2.14. The standard InChI is InChI=1S/C11H18ClN3O2S2/c1-9-10(18-11(12)13-9)19(16,17)14(2)7-8-15-5-3-4-6-15/h3-8H2,1-2H3. The zero-order chi connectivity index (χ0) is 14.0. The number of thiazole rings is 1. The first-order valence-electron chi connectivity index (χ1n) is 6.23. The van der Waals surface area contributed by atoms with Gasteiger partial charge in [0.05, 0.1) is 5.69 Å². The van der Waals surface area contributed by atoms with E-state index in [0.717, 1.165) is 31.0 Å². The third-order valence-corrected chi connectivity index (χ3v) is 7.01. The fourth-order valence-corrected chi connectivity index (χ4v) is 5.23. The summed E-state index contributed by atoms with van der Waals surface area (Å²) in [7, 11) is -1.85. The Morgan fingerprint density at radius 3 is 2.58 bits per heavy atom. The summed E-state index contributed by atoms with van der Waals surface area (Å²) in [6.45, 7) is 5.08. The molecule has 0 N–H and O–H groups in total. The summed E-state index contributed by atoms with van der Waals surface area (Å²) in [6, 6.07) is 0. The van der Waals surface area contributed by atoms with Crippen LogP contribution in [0.25, 0.3) is 0 Å². The summed E-state index contributed by atoms with van der Waals surface area (Å²) in [4.78, 5) is 6.26. The highest BCUT2D eigenvalue weighted by Crippen LogP contribution is 2.28. The third kappa shape index (κ3) is 3.46. The topological polar surface area (TPSA) is 53.5 Å². The molecule has 2 heterocycles. The van der Waals surface area contributed by atoms with Crippen LogP contribution in [0.1, 0.15) is 18.5 Å². The van der Waals surface area contributed by atoms with E-state index in [9.17, 15) is 8.42 Å². The molecule has 0 atom stereocenters. The zero-order valence-corrected chi connectivity index (χ0v) is 13.5. The van der Waals surface area contributed by atoms with Crippen molar-refractivity contribution < 1.29 is 8.42 Å². The summed E-state index contributed by atoms with van der Waals surface area (Å²) in [6.07, 6.45) is 2.42. The first-order chi connectivity index (χ1) is 8.91. The Kier molecular flexibility index (Phi) is 4.84. The molecule has 1 aromatic heterocycles. The van der Waals surface area contributed by atoms with Gasteiger partial charge in [0.2, 0.25) is 0 Å². The van der Waals surface area contributed by atoms with Crippen molar-refractivity contribution in [1.82, 2.24) is 14.2 Å². The third-order valence-electron chi connectivity index (χ3n) is 3.30. The predicted octanol–water partition coefficient (Wildman–Crippen LogP) is 1.82. The molecule has 108 valence electrons. The van der Waals surface area contributed by atoms with Crippen LogP contribution < -0.4 is 0 Å². The fraction of sp³-hybridized carbons (Fsp3) is 0.727. The lowest BCUT2D eigenvalue weighted by atomic mass is 10.4. The molecule has 0 aliphatic carbocycles. The summed E-state index contributed by atoms with van der Waals surface area (Å²) < 4.78 is 26.7. The van der Waals surface area contributed by atoms with E-state index >= 15 is 0 Å². The van der Waals surface area contributed by atoms with Crippen LogP contribution in [0, 0.1) is 6.92 Å². The van der Waals surface area contributed by atoms with E-state index in [2.05, 4.69) is 9.88 Å². The number of halogens is 1. The van der Waals surface area contributed by atoms with Gasteiger partial charge in [0.15, 0.2) is 8.68 Å². The summed E-state index contributed by atoms with van der Waals surface area (Å²) in [5.41, 5.74) is 0.475. The van der Waals surface area contributed by atoms with Crippen LogP contribution in [0.2, 0.25) is 4.47 Å². The monoisotopic (exact) mass is 323 g/mol. The first kappa shape index (κ1) is 15.2. The highest BCUT2D eigenvalue weighted by atomic mass is 35.5. The van der Waals surface area contributed by atoms with Gasteiger partial charge in [-0.2, -0.15) is 4.31 Å². The number of nitrogens with zero attached hydrogens (tertiary/aromatic N) is 3. The molecular formula is C11H18ClN3O2S2. The molecule has 0 spiro atoms. The number of hydrogen-bond donors (Lipinski definition) is 0. The number of likely N-dealkylation sites (tertiary alicyclic amines) is 1. The van der Waals surface area contributed by atoms with Gasteiger partial charge in [0.1, 0.15) is 0 Å². The molecule has 1 saturated heterocycles. The quantitative estimate of drug-likeness (QED) is 0.829. The second-order valence-electron chi connectivity index (χ2n) is 4.72. The molecule has 0 unspecified atom stereocenters. The van der Waals surface area contributed by atoms with Crippen molar-refractivity contribution in [3.8, 4) is 0 Å². The van der Waals surface area contributed by atoms with Crippen molar-refractivity contribution in [3.05, 3.63) is 10.2 Å². The van der Waals surface area contributed by atoms with E-state index in [-0.39, 0.29) is 8.68 Å². The molecule has 1 fully saturated rings. The van der Waals surface area contributed by atoms with Crippen molar-refractivity contribution in [2.24, 2.45) is 0 Å². The molecular weight excluding hydrogens is 306 g/mol. The molecule has 0 radical (unpaired) electrons. The predicted molar refractivity (Wildman–Crippen MR) is 77.4 cm³/mol. The van der Waals surface area contributed by atoms with Crippen LogP contribution in [0.5, 0.6) is 0 Å². The Morgan fingerprint density at radius 2 is 2.05 bits per heavy atom. The summed E-state index contributed by atoms with van der Waals surface area (Å²) in [5, 5.41) is 0. The number of aryl methyl sites for hydroxylation is 1. The summed E-state index contributed by atoms with van der Waals surface area (Å²) in [5.74, 6) is 0. The lowest BCUT2D eigenvalue weighted by Crippen LogP contribution is -2.35. The Morgan fingerprint density at radius 1 is 1.42 bits per heavy atom. The largest absolute Gasteiger partial charge is 0.302 e. The second-order valence-corrected chi connectivity index (χ2v) is 8.54.